The molecule has 1 aromatic rings. The molecule has 1 aromatic carbocycles. The van der Waals surface area contributed by atoms with Gasteiger partial charge in [-0.1, -0.05) is 31.2 Å². The van der Waals surface area contributed by atoms with E-state index in [0.29, 0.717) is 12.2 Å². The van der Waals surface area contributed by atoms with Crippen LogP contribution < -0.4 is 0 Å². The molecule has 0 aliphatic heterocycles. The first-order chi connectivity index (χ1) is 9.45. The highest BCUT2D eigenvalue weighted by Gasteiger charge is 2.42. The molecule has 0 radical (unpaired) electrons. The Morgan fingerprint density at radius 2 is 1.85 bits per heavy atom. The largest absolute Gasteiger partial charge is 0.297 e. The lowest BCUT2D eigenvalue weighted by Crippen LogP contribution is -2.53. The second-order valence-corrected chi connectivity index (χ2v) is 6.63. The number of carbonyl (C=O) groups is 1. The number of aryl methyl sites for hydroxylation is 1. The van der Waals surface area contributed by atoms with Crippen molar-refractivity contribution in [2.75, 3.05) is 14.1 Å². The van der Waals surface area contributed by atoms with Crippen LogP contribution in [0.5, 0.6) is 0 Å². The number of hydrogen-bond donors (Lipinski definition) is 0. The third kappa shape index (κ3) is 2.95. The van der Waals surface area contributed by atoms with E-state index >= 15 is 0 Å². The molecule has 1 fully saturated rings. The SMILES string of the molecule is Cc1ccccc1CC(=O)C1(N(C)C)CCC(C)CC1. The van der Waals surface area contributed by atoms with E-state index in [0.717, 1.165) is 31.6 Å². The van der Waals surface area contributed by atoms with Crippen molar-refractivity contribution in [1.82, 2.24) is 4.90 Å². The fourth-order valence-electron chi connectivity index (χ4n) is 3.36. The van der Waals surface area contributed by atoms with Crippen LogP contribution in [0, 0.1) is 12.8 Å². The van der Waals surface area contributed by atoms with Gasteiger partial charge in [0.05, 0.1) is 5.54 Å². The quantitative estimate of drug-likeness (QED) is 0.835. The Morgan fingerprint density at radius 3 is 2.40 bits per heavy atom. The van der Waals surface area contributed by atoms with E-state index in [1.165, 1.54) is 11.1 Å². The highest BCUT2D eigenvalue weighted by Crippen LogP contribution is 2.36. The highest BCUT2D eigenvalue weighted by molar-refractivity contribution is 5.90. The molecule has 110 valence electrons. The molecule has 1 saturated carbocycles. The summed E-state index contributed by atoms with van der Waals surface area (Å²) in [6.07, 6.45) is 4.91. The molecule has 0 saturated heterocycles. The first-order valence-electron chi connectivity index (χ1n) is 7.71. The summed E-state index contributed by atoms with van der Waals surface area (Å²) in [5.41, 5.74) is 2.16. The number of carbonyl (C=O) groups excluding carboxylic acids is 1. The van der Waals surface area contributed by atoms with Crippen molar-refractivity contribution in [1.29, 1.82) is 0 Å². The zero-order valence-electron chi connectivity index (χ0n) is 13.3. The maximum absolute atomic E-state index is 12.9. The fourth-order valence-corrected chi connectivity index (χ4v) is 3.36. The summed E-state index contributed by atoms with van der Waals surface area (Å²) in [6.45, 7) is 4.39. The van der Waals surface area contributed by atoms with Gasteiger partial charge in [0.2, 0.25) is 0 Å². The predicted molar refractivity (Wildman–Crippen MR) is 83.9 cm³/mol. The molecule has 2 rings (SSSR count). The van der Waals surface area contributed by atoms with Gasteiger partial charge in [0.1, 0.15) is 0 Å². The van der Waals surface area contributed by atoms with E-state index < -0.39 is 0 Å². The number of benzene rings is 1. The minimum atomic E-state index is -0.241. The van der Waals surface area contributed by atoms with Crippen molar-refractivity contribution in [3.63, 3.8) is 0 Å². The highest BCUT2D eigenvalue weighted by atomic mass is 16.1. The van der Waals surface area contributed by atoms with Gasteiger partial charge in [-0.05, 0) is 63.7 Å². The third-order valence-corrected chi connectivity index (χ3v) is 5.09. The average Bonchev–Trinajstić information content (AvgIpc) is 2.42. The van der Waals surface area contributed by atoms with Crippen LogP contribution in [0.1, 0.15) is 43.7 Å². The molecule has 0 bridgehead atoms. The van der Waals surface area contributed by atoms with E-state index in [1.807, 2.05) is 12.1 Å². The van der Waals surface area contributed by atoms with Gasteiger partial charge in [-0.25, -0.2) is 0 Å². The Kier molecular flexibility index (Phi) is 4.64. The minimum Gasteiger partial charge on any atom is -0.297 e. The van der Waals surface area contributed by atoms with Crippen molar-refractivity contribution >= 4 is 5.78 Å². The Balaban J connectivity index is 2.18. The Labute approximate surface area is 123 Å². The predicted octanol–water partition coefficient (Wildman–Crippen LogP) is 3.62. The minimum absolute atomic E-state index is 0.241. The van der Waals surface area contributed by atoms with E-state index in [1.54, 1.807) is 0 Å². The number of rotatable bonds is 4. The molecule has 0 heterocycles. The normalized spacial score (nSPS) is 26.8. The Morgan fingerprint density at radius 1 is 1.25 bits per heavy atom. The van der Waals surface area contributed by atoms with Gasteiger partial charge in [-0.2, -0.15) is 0 Å². The molecule has 0 amide bonds. The van der Waals surface area contributed by atoms with Gasteiger partial charge in [0, 0.05) is 6.42 Å². The summed E-state index contributed by atoms with van der Waals surface area (Å²) < 4.78 is 0. The van der Waals surface area contributed by atoms with E-state index in [9.17, 15) is 4.79 Å². The number of hydrogen-bond acceptors (Lipinski definition) is 2. The monoisotopic (exact) mass is 273 g/mol. The number of likely N-dealkylation sites (N-methyl/N-ethyl adjacent to an activating group) is 1. The second kappa shape index (κ2) is 6.09. The van der Waals surface area contributed by atoms with Crippen molar-refractivity contribution < 1.29 is 4.79 Å². The van der Waals surface area contributed by atoms with Crippen LogP contribution in [0.4, 0.5) is 0 Å². The zero-order valence-corrected chi connectivity index (χ0v) is 13.3. The molecule has 20 heavy (non-hydrogen) atoms. The molecular formula is C18H27NO. The lowest BCUT2D eigenvalue weighted by Gasteiger charge is -2.43. The molecule has 0 spiro atoms. The summed E-state index contributed by atoms with van der Waals surface area (Å²) >= 11 is 0. The molecule has 0 aromatic heterocycles. The van der Waals surface area contributed by atoms with Gasteiger partial charge in [-0.3, -0.25) is 9.69 Å². The van der Waals surface area contributed by atoms with Crippen LogP contribution >= 0.6 is 0 Å². The second-order valence-electron chi connectivity index (χ2n) is 6.63. The van der Waals surface area contributed by atoms with Crippen LogP contribution in [0.2, 0.25) is 0 Å². The lowest BCUT2D eigenvalue weighted by molar-refractivity contribution is -0.131. The van der Waals surface area contributed by atoms with Crippen LogP contribution in [0.15, 0.2) is 24.3 Å². The molecular weight excluding hydrogens is 246 g/mol. The topological polar surface area (TPSA) is 20.3 Å². The average molecular weight is 273 g/mol. The maximum Gasteiger partial charge on any atom is 0.157 e. The first kappa shape index (κ1) is 15.2. The molecule has 2 heteroatoms. The van der Waals surface area contributed by atoms with Gasteiger partial charge in [0.25, 0.3) is 0 Å². The van der Waals surface area contributed by atoms with E-state index in [-0.39, 0.29) is 5.54 Å². The summed E-state index contributed by atoms with van der Waals surface area (Å²) in [4.78, 5) is 15.1. The van der Waals surface area contributed by atoms with Gasteiger partial charge >= 0.3 is 0 Å². The molecule has 1 aliphatic rings. The molecule has 2 nitrogen and oxygen atoms in total. The summed E-state index contributed by atoms with van der Waals surface area (Å²) in [5.74, 6) is 1.15. The lowest BCUT2D eigenvalue weighted by atomic mass is 9.72. The number of nitrogens with zero attached hydrogens (tertiary/aromatic N) is 1. The third-order valence-electron chi connectivity index (χ3n) is 5.09. The summed E-state index contributed by atoms with van der Waals surface area (Å²) in [7, 11) is 4.12. The van der Waals surface area contributed by atoms with Crippen molar-refractivity contribution in [2.45, 2.75) is 51.5 Å². The van der Waals surface area contributed by atoms with Gasteiger partial charge < -0.3 is 0 Å². The first-order valence-corrected chi connectivity index (χ1v) is 7.71. The van der Waals surface area contributed by atoms with Crippen molar-refractivity contribution in [2.24, 2.45) is 5.92 Å². The van der Waals surface area contributed by atoms with Gasteiger partial charge in [0.15, 0.2) is 5.78 Å². The molecule has 1 aliphatic carbocycles. The van der Waals surface area contributed by atoms with E-state index in [4.69, 9.17) is 0 Å². The molecule has 0 unspecified atom stereocenters. The standard InChI is InChI=1S/C18H27NO/c1-14-9-11-18(12-10-14,19(3)4)17(20)13-16-8-6-5-7-15(16)2/h5-8,14H,9-13H2,1-4H3. The Bertz CT molecular complexity index is 470. The smallest absolute Gasteiger partial charge is 0.157 e. The molecule has 0 atom stereocenters. The van der Waals surface area contributed by atoms with Gasteiger partial charge in [-0.15, -0.1) is 0 Å². The van der Waals surface area contributed by atoms with Crippen LogP contribution in [0.25, 0.3) is 0 Å². The number of Topliss-reactive ketones (excluding diaryl/α,β-unsaturated/α-hetero) is 1. The van der Waals surface area contributed by atoms with Crippen LogP contribution in [-0.4, -0.2) is 30.3 Å². The number of ketones is 1. The fraction of sp³-hybridized carbons (Fsp3) is 0.611. The van der Waals surface area contributed by atoms with Crippen molar-refractivity contribution in [3.8, 4) is 0 Å². The van der Waals surface area contributed by atoms with Crippen LogP contribution in [0.3, 0.4) is 0 Å². The van der Waals surface area contributed by atoms with E-state index in [2.05, 4.69) is 45.0 Å². The summed E-state index contributed by atoms with van der Waals surface area (Å²) in [6, 6.07) is 8.24. The summed E-state index contributed by atoms with van der Waals surface area (Å²) in [5, 5.41) is 0. The zero-order chi connectivity index (χ0) is 14.8. The maximum atomic E-state index is 12.9. The molecule has 0 N–H and O–H groups in total. The van der Waals surface area contributed by atoms with Crippen molar-refractivity contribution in [3.05, 3.63) is 35.4 Å². The van der Waals surface area contributed by atoms with Crippen LogP contribution in [-0.2, 0) is 11.2 Å². The Hall–Kier alpha value is -1.15.